The number of nitrogens with zero attached hydrogens (tertiary/aromatic N) is 1. The minimum atomic E-state index is -0.0371. The lowest BCUT2D eigenvalue weighted by Gasteiger charge is -2.20. The van der Waals surface area contributed by atoms with Crippen molar-refractivity contribution in [2.45, 2.75) is 32.4 Å². The van der Waals surface area contributed by atoms with Crippen LogP contribution in [0.25, 0.3) is 0 Å². The van der Waals surface area contributed by atoms with Crippen LogP contribution in [0, 0.1) is 0 Å². The highest BCUT2D eigenvalue weighted by Gasteiger charge is 2.12. The largest absolute Gasteiger partial charge is 0.394 e. The minimum absolute atomic E-state index is 0.0371. The standard InChI is InChI=1S/C11H17BrN2O/c1-3-8(2)14-11(7-15)9-4-10(12)6-13-5-9/h4-6,8,11,14-15H,3,7H2,1-2H3. The van der Waals surface area contributed by atoms with Gasteiger partial charge in [0.2, 0.25) is 0 Å². The summed E-state index contributed by atoms with van der Waals surface area (Å²) in [7, 11) is 0. The molecule has 4 heteroatoms. The first-order valence-corrected chi connectivity index (χ1v) is 5.94. The fourth-order valence-electron chi connectivity index (χ4n) is 1.33. The van der Waals surface area contributed by atoms with Crippen molar-refractivity contribution in [2.75, 3.05) is 6.61 Å². The molecule has 2 atom stereocenters. The second-order valence-electron chi connectivity index (χ2n) is 3.65. The summed E-state index contributed by atoms with van der Waals surface area (Å²) in [6.45, 7) is 4.31. The zero-order valence-electron chi connectivity index (χ0n) is 9.07. The van der Waals surface area contributed by atoms with Gasteiger partial charge in [0.25, 0.3) is 0 Å². The number of aliphatic hydroxyl groups is 1. The average molecular weight is 273 g/mol. The Balaban J connectivity index is 2.73. The first-order valence-electron chi connectivity index (χ1n) is 5.14. The highest BCUT2D eigenvalue weighted by Crippen LogP contribution is 2.17. The molecule has 84 valence electrons. The van der Waals surface area contributed by atoms with Crippen LogP contribution in [0.3, 0.4) is 0 Å². The first kappa shape index (κ1) is 12.6. The Hall–Kier alpha value is -0.450. The van der Waals surface area contributed by atoms with Gasteiger partial charge in [0.15, 0.2) is 0 Å². The van der Waals surface area contributed by atoms with E-state index in [0.717, 1.165) is 16.5 Å². The molecule has 2 N–H and O–H groups in total. The highest BCUT2D eigenvalue weighted by molar-refractivity contribution is 9.10. The van der Waals surface area contributed by atoms with E-state index in [9.17, 15) is 5.11 Å². The second kappa shape index (κ2) is 6.20. The summed E-state index contributed by atoms with van der Waals surface area (Å²) in [5.41, 5.74) is 1.01. The number of aromatic nitrogens is 1. The topological polar surface area (TPSA) is 45.1 Å². The van der Waals surface area contributed by atoms with Crippen LogP contribution in [-0.2, 0) is 0 Å². The van der Waals surface area contributed by atoms with Crippen molar-refractivity contribution in [1.29, 1.82) is 0 Å². The molecule has 0 amide bonds. The van der Waals surface area contributed by atoms with Gasteiger partial charge < -0.3 is 10.4 Å². The normalized spacial score (nSPS) is 14.9. The van der Waals surface area contributed by atoms with E-state index in [1.165, 1.54) is 0 Å². The lowest BCUT2D eigenvalue weighted by molar-refractivity contribution is 0.234. The Labute approximate surface area is 99.1 Å². The maximum absolute atomic E-state index is 9.31. The molecule has 1 rings (SSSR count). The molecule has 1 aromatic heterocycles. The van der Waals surface area contributed by atoms with Crippen molar-refractivity contribution in [3.05, 3.63) is 28.5 Å². The molecule has 1 heterocycles. The molecule has 0 radical (unpaired) electrons. The van der Waals surface area contributed by atoms with E-state index < -0.39 is 0 Å². The first-order chi connectivity index (χ1) is 7.17. The SMILES string of the molecule is CCC(C)NC(CO)c1cncc(Br)c1. The number of hydrogen-bond donors (Lipinski definition) is 2. The molecule has 0 spiro atoms. The zero-order chi connectivity index (χ0) is 11.3. The molecular formula is C11H17BrN2O. The van der Waals surface area contributed by atoms with Gasteiger partial charge in [0, 0.05) is 22.9 Å². The maximum Gasteiger partial charge on any atom is 0.0627 e. The molecule has 0 fully saturated rings. The zero-order valence-corrected chi connectivity index (χ0v) is 10.7. The molecule has 3 nitrogen and oxygen atoms in total. The summed E-state index contributed by atoms with van der Waals surface area (Å²) in [5.74, 6) is 0. The van der Waals surface area contributed by atoms with Gasteiger partial charge in [-0.05, 0) is 40.9 Å². The molecule has 2 unspecified atom stereocenters. The number of nitrogens with one attached hydrogen (secondary N) is 1. The van der Waals surface area contributed by atoms with Crippen molar-refractivity contribution >= 4 is 15.9 Å². The minimum Gasteiger partial charge on any atom is -0.394 e. The van der Waals surface area contributed by atoms with Crippen molar-refractivity contribution in [1.82, 2.24) is 10.3 Å². The molecule has 0 saturated heterocycles. The van der Waals surface area contributed by atoms with Crippen LogP contribution in [0.4, 0.5) is 0 Å². The van der Waals surface area contributed by atoms with E-state index in [4.69, 9.17) is 0 Å². The van der Waals surface area contributed by atoms with E-state index >= 15 is 0 Å². The van der Waals surface area contributed by atoms with Gasteiger partial charge in [-0.1, -0.05) is 6.92 Å². The lowest BCUT2D eigenvalue weighted by Crippen LogP contribution is -2.32. The monoisotopic (exact) mass is 272 g/mol. The van der Waals surface area contributed by atoms with Crippen LogP contribution in [0.5, 0.6) is 0 Å². The molecule has 0 aliphatic rings. The molecule has 0 aliphatic carbocycles. The Morgan fingerprint density at radius 1 is 1.53 bits per heavy atom. The number of halogens is 1. The fraction of sp³-hybridized carbons (Fsp3) is 0.545. The third kappa shape index (κ3) is 3.89. The van der Waals surface area contributed by atoms with Crippen LogP contribution in [0.2, 0.25) is 0 Å². The summed E-state index contributed by atoms with van der Waals surface area (Å²) < 4.78 is 0.935. The van der Waals surface area contributed by atoms with E-state index in [1.54, 1.807) is 12.4 Å². The van der Waals surface area contributed by atoms with Crippen LogP contribution >= 0.6 is 15.9 Å². The Kier molecular flexibility index (Phi) is 5.22. The van der Waals surface area contributed by atoms with E-state index in [1.807, 2.05) is 6.07 Å². The Morgan fingerprint density at radius 2 is 2.27 bits per heavy atom. The summed E-state index contributed by atoms with van der Waals surface area (Å²) in [5, 5.41) is 12.7. The Morgan fingerprint density at radius 3 is 2.80 bits per heavy atom. The van der Waals surface area contributed by atoms with Crippen LogP contribution < -0.4 is 5.32 Å². The van der Waals surface area contributed by atoms with Gasteiger partial charge in [-0.15, -0.1) is 0 Å². The quantitative estimate of drug-likeness (QED) is 0.865. The third-order valence-corrected chi connectivity index (χ3v) is 2.84. The van der Waals surface area contributed by atoms with Gasteiger partial charge in [-0.2, -0.15) is 0 Å². The lowest BCUT2D eigenvalue weighted by atomic mass is 10.1. The molecule has 1 aromatic rings. The molecule has 15 heavy (non-hydrogen) atoms. The van der Waals surface area contributed by atoms with E-state index in [-0.39, 0.29) is 12.6 Å². The van der Waals surface area contributed by atoms with E-state index in [2.05, 4.69) is 40.1 Å². The van der Waals surface area contributed by atoms with Gasteiger partial charge in [-0.25, -0.2) is 0 Å². The summed E-state index contributed by atoms with van der Waals surface area (Å²) in [6.07, 6.45) is 4.56. The third-order valence-electron chi connectivity index (χ3n) is 2.41. The van der Waals surface area contributed by atoms with Crippen molar-refractivity contribution in [3.8, 4) is 0 Å². The highest BCUT2D eigenvalue weighted by atomic mass is 79.9. The smallest absolute Gasteiger partial charge is 0.0627 e. The molecular weight excluding hydrogens is 256 g/mol. The van der Waals surface area contributed by atoms with Gasteiger partial charge >= 0.3 is 0 Å². The average Bonchev–Trinajstić information content (AvgIpc) is 2.25. The number of rotatable bonds is 5. The van der Waals surface area contributed by atoms with Gasteiger partial charge in [0.05, 0.1) is 12.6 Å². The summed E-state index contributed by atoms with van der Waals surface area (Å²) in [6, 6.07) is 2.33. The molecule has 0 aromatic carbocycles. The molecule has 0 aliphatic heterocycles. The number of pyridine rings is 1. The van der Waals surface area contributed by atoms with Crippen molar-refractivity contribution in [3.63, 3.8) is 0 Å². The van der Waals surface area contributed by atoms with Crippen molar-refractivity contribution in [2.24, 2.45) is 0 Å². The van der Waals surface area contributed by atoms with Crippen LogP contribution in [0.1, 0.15) is 31.9 Å². The predicted octanol–water partition coefficient (Wildman–Crippen LogP) is 2.27. The van der Waals surface area contributed by atoms with Gasteiger partial charge in [-0.3, -0.25) is 4.98 Å². The Bertz CT molecular complexity index is 306. The fourth-order valence-corrected chi connectivity index (χ4v) is 1.72. The number of hydrogen-bond acceptors (Lipinski definition) is 3. The predicted molar refractivity (Wildman–Crippen MR) is 64.7 cm³/mol. The molecule has 0 bridgehead atoms. The summed E-state index contributed by atoms with van der Waals surface area (Å²) in [4.78, 5) is 4.09. The van der Waals surface area contributed by atoms with Crippen molar-refractivity contribution < 1.29 is 5.11 Å². The maximum atomic E-state index is 9.31. The molecule has 0 saturated carbocycles. The van der Waals surface area contributed by atoms with Crippen LogP contribution in [-0.4, -0.2) is 22.7 Å². The summed E-state index contributed by atoms with van der Waals surface area (Å²) >= 11 is 3.37. The number of aliphatic hydroxyl groups excluding tert-OH is 1. The second-order valence-corrected chi connectivity index (χ2v) is 4.56. The van der Waals surface area contributed by atoms with Gasteiger partial charge in [0.1, 0.15) is 0 Å². The van der Waals surface area contributed by atoms with E-state index in [0.29, 0.717) is 6.04 Å². The van der Waals surface area contributed by atoms with Crippen LogP contribution in [0.15, 0.2) is 22.9 Å².